The quantitative estimate of drug-likeness (QED) is 0.535. The van der Waals surface area contributed by atoms with Crippen LogP contribution < -0.4 is 0 Å². The summed E-state index contributed by atoms with van der Waals surface area (Å²) in [6, 6.07) is 24.0. The topological polar surface area (TPSA) is 0 Å². The van der Waals surface area contributed by atoms with Gasteiger partial charge >= 0.3 is 0 Å². The van der Waals surface area contributed by atoms with Gasteiger partial charge in [0.25, 0.3) is 0 Å². The Bertz CT molecular complexity index is 188. The van der Waals surface area contributed by atoms with E-state index in [2.05, 4.69) is 13.8 Å². The van der Waals surface area contributed by atoms with Crippen LogP contribution in [0.15, 0.2) is 72.8 Å². The molecule has 0 aliphatic heterocycles. The summed E-state index contributed by atoms with van der Waals surface area (Å²) >= 11 is 0. The zero-order valence-electron chi connectivity index (χ0n) is 11.6. The normalized spacial score (nSPS) is 7.06. The highest BCUT2D eigenvalue weighted by Crippen LogP contribution is 1.80. The maximum atomic E-state index is 2.12. The van der Waals surface area contributed by atoms with E-state index >= 15 is 0 Å². The molecule has 0 bridgehead atoms. The van der Waals surface area contributed by atoms with Crippen LogP contribution in [0.5, 0.6) is 0 Å². The number of benzene rings is 2. The van der Waals surface area contributed by atoms with Crippen molar-refractivity contribution < 1.29 is 0 Å². The zero-order chi connectivity index (χ0) is 13.2. The van der Waals surface area contributed by atoms with E-state index in [-0.39, 0.29) is 0 Å². The maximum absolute atomic E-state index is 2.12. The Morgan fingerprint density at radius 3 is 0.529 bits per heavy atom. The summed E-state index contributed by atoms with van der Waals surface area (Å²) in [6.45, 7) is 8.25. The highest BCUT2D eigenvalue weighted by Gasteiger charge is 1.58. The Balaban J connectivity index is 0. The Morgan fingerprint density at radius 2 is 0.471 bits per heavy atom. The average Bonchev–Trinajstić information content (AvgIpc) is 2.46. The molecule has 94 valence electrons. The summed E-state index contributed by atoms with van der Waals surface area (Å²) < 4.78 is 0. The van der Waals surface area contributed by atoms with Crippen molar-refractivity contribution in [3.8, 4) is 0 Å². The van der Waals surface area contributed by atoms with Gasteiger partial charge in [-0.25, -0.2) is 0 Å². The molecule has 2 aromatic rings. The third kappa shape index (κ3) is 20.5. The first-order valence-corrected chi connectivity index (χ1v) is 6.41. The summed E-state index contributed by atoms with van der Waals surface area (Å²) in [4.78, 5) is 0. The van der Waals surface area contributed by atoms with Gasteiger partial charge in [-0.1, -0.05) is 107 Å². The lowest BCUT2D eigenvalue weighted by molar-refractivity contribution is 1.09. The molecule has 2 rings (SSSR count). The van der Waals surface area contributed by atoms with Gasteiger partial charge in [0.2, 0.25) is 0 Å². The molecule has 0 saturated heterocycles. The number of hydrogen-bond donors (Lipinski definition) is 0. The standard InChI is InChI=1S/2C6H6.C3H8.C2H6/c2*1-2-4-6-5-3-1;1-3-2;1-2/h2*1-6H;3H2,1-2H3;1-2H3. The first-order chi connectivity index (χ1) is 8.41. The van der Waals surface area contributed by atoms with E-state index in [4.69, 9.17) is 0 Å². The van der Waals surface area contributed by atoms with Crippen molar-refractivity contribution >= 4 is 0 Å². The smallest absolute Gasteiger partial charge is 0.0590 e. The van der Waals surface area contributed by atoms with Crippen molar-refractivity contribution in [1.29, 1.82) is 0 Å². The zero-order valence-corrected chi connectivity index (χ0v) is 11.6. The first-order valence-electron chi connectivity index (χ1n) is 6.41. The van der Waals surface area contributed by atoms with Gasteiger partial charge in [-0.2, -0.15) is 0 Å². The molecule has 2 aromatic carbocycles. The minimum absolute atomic E-state index is 1.25. The van der Waals surface area contributed by atoms with Gasteiger partial charge in [0.1, 0.15) is 0 Å². The molecule has 0 atom stereocenters. The van der Waals surface area contributed by atoms with Crippen molar-refractivity contribution in [3.63, 3.8) is 0 Å². The molecule has 0 nitrogen and oxygen atoms in total. The SMILES string of the molecule is CC.CCC.c1ccccc1.c1ccccc1. The van der Waals surface area contributed by atoms with Gasteiger partial charge in [-0.15, -0.1) is 0 Å². The summed E-state index contributed by atoms with van der Waals surface area (Å²) in [5, 5.41) is 0. The number of rotatable bonds is 0. The summed E-state index contributed by atoms with van der Waals surface area (Å²) in [5.41, 5.74) is 0. The van der Waals surface area contributed by atoms with Gasteiger partial charge < -0.3 is 0 Å². The predicted octanol–water partition coefficient (Wildman–Crippen LogP) is 5.82. The summed E-state index contributed by atoms with van der Waals surface area (Å²) in [7, 11) is 0. The molecular formula is C17H26. The van der Waals surface area contributed by atoms with E-state index in [0.29, 0.717) is 0 Å². The molecule has 0 radical (unpaired) electrons. The summed E-state index contributed by atoms with van der Waals surface area (Å²) in [5.74, 6) is 0. The monoisotopic (exact) mass is 230 g/mol. The minimum atomic E-state index is 1.25. The van der Waals surface area contributed by atoms with Crippen LogP contribution in [0.4, 0.5) is 0 Å². The lowest BCUT2D eigenvalue weighted by atomic mass is 10.4. The molecule has 0 spiro atoms. The Morgan fingerprint density at radius 1 is 0.412 bits per heavy atom. The predicted molar refractivity (Wildman–Crippen MR) is 80.2 cm³/mol. The van der Waals surface area contributed by atoms with Crippen molar-refractivity contribution in [1.82, 2.24) is 0 Å². The molecule has 17 heavy (non-hydrogen) atoms. The lowest BCUT2D eigenvalue weighted by Crippen LogP contribution is -1.47. The Labute approximate surface area is 107 Å². The third-order valence-electron chi connectivity index (χ3n) is 1.33. The molecule has 0 N–H and O–H groups in total. The van der Waals surface area contributed by atoms with Crippen LogP contribution in [0.1, 0.15) is 34.1 Å². The minimum Gasteiger partial charge on any atom is -0.0683 e. The largest absolute Gasteiger partial charge is 0.0683 e. The van der Waals surface area contributed by atoms with E-state index in [9.17, 15) is 0 Å². The van der Waals surface area contributed by atoms with Crippen LogP contribution >= 0.6 is 0 Å². The van der Waals surface area contributed by atoms with Crippen molar-refractivity contribution in [2.24, 2.45) is 0 Å². The Kier molecular flexibility index (Phi) is 20.9. The van der Waals surface area contributed by atoms with E-state index in [1.54, 1.807) is 0 Å². The van der Waals surface area contributed by atoms with Gasteiger partial charge in [0, 0.05) is 0 Å². The fraction of sp³-hybridized carbons (Fsp3) is 0.294. The van der Waals surface area contributed by atoms with Crippen LogP contribution in [0.2, 0.25) is 0 Å². The van der Waals surface area contributed by atoms with Crippen LogP contribution in [0, 0.1) is 0 Å². The van der Waals surface area contributed by atoms with Crippen molar-refractivity contribution in [2.75, 3.05) is 0 Å². The Hall–Kier alpha value is -1.56. The maximum Gasteiger partial charge on any atom is -0.0590 e. The number of hydrogen-bond acceptors (Lipinski definition) is 0. The fourth-order valence-corrected chi connectivity index (χ4v) is 0.770. The fourth-order valence-electron chi connectivity index (χ4n) is 0.770. The second-order valence-electron chi connectivity index (χ2n) is 3.02. The van der Waals surface area contributed by atoms with E-state index in [0.717, 1.165) is 0 Å². The van der Waals surface area contributed by atoms with E-state index in [1.807, 2.05) is 86.6 Å². The van der Waals surface area contributed by atoms with E-state index in [1.165, 1.54) is 6.42 Å². The highest BCUT2D eigenvalue weighted by molar-refractivity contribution is 4.99. The molecule has 0 fully saturated rings. The molecule has 0 heterocycles. The molecule has 0 unspecified atom stereocenters. The van der Waals surface area contributed by atoms with Crippen LogP contribution in [-0.4, -0.2) is 0 Å². The van der Waals surface area contributed by atoms with Crippen molar-refractivity contribution in [2.45, 2.75) is 34.1 Å². The van der Waals surface area contributed by atoms with Crippen LogP contribution in [-0.2, 0) is 0 Å². The van der Waals surface area contributed by atoms with Crippen molar-refractivity contribution in [3.05, 3.63) is 72.8 Å². The lowest BCUT2D eigenvalue weighted by Gasteiger charge is -1.69. The average molecular weight is 230 g/mol. The van der Waals surface area contributed by atoms with Gasteiger partial charge in [-0.05, 0) is 0 Å². The first kappa shape index (κ1) is 17.8. The van der Waals surface area contributed by atoms with E-state index < -0.39 is 0 Å². The van der Waals surface area contributed by atoms with Crippen LogP contribution in [0.3, 0.4) is 0 Å². The van der Waals surface area contributed by atoms with Gasteiger partial charge in [0.05, 0.1) is 0 Å². The highest BCUT2D eigenvalue weighted by atomic mass is 13.7. The van der Waals surface area contributed by atoms with Crippen LogP contribution in [0.25, 0.3) is 0 Å². The summed E-state index contributed by atoms with van der Waals surface area (Å²) in [6.07, 6.45) is 1.25. The molecular weight excluding hydrogens is 204 g/mol. The second kappa shape index (κ2) is 19.9. The third-order valence-corrected chi connectivity index (χ3v) is 1.33. The molecule has 0 heteroatoms. The molecule has 0 amide bonds. The molecule has 0 aromatic heterocycles. The van der Waals surface area contributed by atoms with Gasteiger partial charge in [0.15, 0.2) is 0 Å². The molecule has 0 aliphatic carbocycles. The molecule has 0 aliphatic rings. The molecule has 0 saturated carbocycles. The second-order valence-corrected chi connectivity index (χ2v) is 3.02. The van der Waals surface area contributed by atoms with Gasteiger partial charge in [-0.3, -0.25) is 0 Å².